The Morgan fingerprint density at radius 2 is 2.18 bits per heavy atom. The van der Waals surface area contributed by atoms with Gasteiger partial charge in [-0.1, -0.05) is 28.1 Å². The van der Waals surface area contributed by atoms with E-state index in [1.807, 2.05) is 24.3 Å². The number of benzene rings is 1. The molecule has 3 nitrogen and oxygen atoms in total. The average Bonchev–Trinajstić information content (AvgIpc) is 2.73. The SMILES string of the molecule is COC(=O)[C@@]1(c2ccc(Br)cc2)[C@@H]2OCC[C@@H]21. The summed E-state index contributed by atoms with van der Waals surface area (Å²) in [5.74, 6) is 0.116. The molecule has 17 heavy (non-hydrogen) atoms. The van der Waals surface area contributed by atoms with Crippen molar-refractivity contribution < 1.29 is 14.3 Å². The van der Waals surface area contributed by atoms with Crippen LogP contribution in [0.1, 0.15) is 12.0 Å². The van der Waals surface area contributed by atoms with E-state index in [9.17, 15) is 4.79 Å². The summed E-state index contributed by atoms with van der Waals surface area (Å²) < 4.78 is 11.6. The van der Waals surface area contributed by atoms with Crippen molar-refractivity contribution in [2.24, 2.45) is 5.92 Å². The first-order valence-electron chi connectivity index (χ1n) is 5.67. The van der Waals surface area contributed by atoms with Gasteiger partial charge in [-0.15, -0.1) is 0 Å². The predicted octanol–water partition coefficient (Wildman–Crippen LogP) is 2.28. The van der Waals surface area contributed by atoms with Crippen LogP contribution in [0.4, 0.5) is 0 Å². The summed E-state index contributed by atoms with van der Waals surface area (Å²) in [5.41, 5.74) is 0.454. The molecule has 2 fully saturated rings. The fourth-order valence-electron chi connectivity index (χ4n) is 3.03. The van der Waals surface area contributed by atoms with Gasteiger partial charge in [0.15, 0.2) is 0 Å². The van der Waals surface area contributed by atoms with Gasteiger partial charge in [-0.2, -0.15) is 0 Å². The second kappa shape index (κ2) is 3.82. The lowest BCUT2D eigenvalue weighted by Crippen LogP contribution is -2.30. The van der Waals surface area contributed by atoms with Gasteiger partial charge in [0.05, 0.1) is 13.2 Å². The second-order valence-electron chi connectivity index (χ2n) is 4.55. The topological polar surface area (TPSA) is 35.5 Å². The molecule has 0 aromatic heterocycles. The van der Waals surface area contributed by atoms with Crippen LogP contribution in [0.3, 0.4) is 0 Å². The number of carbonyl (C=O) groups is 1. The van der Waals surface area contributed by atoms with E-state index in [0.717, 1.165) is 23.1 Å². The first kappa shape index (κ1) is 11.2. The Balaban J connectivity index is 2.02. The lowest BCUT2D eigenvalue weighted by molar-refractivity contribution is -0.146. The highest BCUT2D eigenvalue weighted by Gasteiger charge is 2.74. The molecule has 1 aromatic carbocycles. The van der Waals surface area contributed by atoms with Gasteiger partial charge in [-0.3, -0.25) is 4.79 Å². The monoisotopic (exact) mass is 296 g/mol. The van der Waals surface area contributed by atoms with E-state index in [2.05, 4.69) is 15.9 Å². The third-order valence-electron chi connectivity index (χ3n) is 3.86. The molecule has 0 bridgehead atoms. The van der Waals surface area contributed by atoms with Gasteiger partial charge >= 0.3 is 5.97 Å². The summed E-state index contributed by atoms with van der Waals surface area (Å²) in [6.45, 7) is 0.755. The lowest BCUT2D eigenvalue weighted by Gasteiger charge is -2.18. The molecule has 1 saturated carbocycles. The van der Waals surface area contributed by atoms with Crippen molar-refractivity contribution in [1.29, 1.82) is 0 Å². The average molecular weight is 297 g/mol. The summed E-state index contributed by atoms with van der Waals surface area (Å²) in [5, 5.41) is 0. The van der Waals surface area contributed by atoms with Gasteiger partial charge < -0.3 is 9.47 Å². The fourth-order valence-corrected chi connectivity index (χ4v) is 3.30. The van der Waals surface area contributed by atoms with Crippen LogP contribution in [0.15, 0.2) is 28.7 Å². The lowest BCUT2D eigenvalue weighted by atomic mass is 9.91. The van der Waals surface area contributed by atoms with Crippen LogP contribution in [-0.2, 0) is 19.7 Å². The van der Waals surface area contributed by atoms with E-state index >= 15 is 0 Å². The Hall–Kier alpha value is -0.870. The molecule has 3 rings (SSSR count). The van der Waals surface area contributed by atoms with Crippen molar-refractivity contribution in [2.75, 3.05) is 13.7 Å². The molecule has 1 saturated heterocycles. The molecule has 0 unspecified atom stereocenters. The zero-order valence-electron chi connectivity index (χ0n) is 9.48. The molecule has 1 aliphatic heterocycles. The highest BCUT2D eigenvalue weighted by molar-refractivity contribution is 9.10. The Morgan fingerprint density at radius 1 is 1.47 bits per heavy atom. The smallest absolute Gasteiger partial charge is 0.319 e. The molecular formula is C13H13BrO3. The molecule has 0 radical (unpaired) electrons. The van der Waals surface area contributed by atoms with Crippen molar-refractivity contribution in [2.45, 2.75) is 17.9 Å². The summed E-state index contributed by atoms with van der Waals surface area (Å²) in [7, 11) is 1.44. The van der Waals surface area contributed by atoms with Crippen LogP contribution in [0.5, 0.6) is 0 Å². The minimum Gasteiger partial charge on any atom is -0.468 e. The maximum atomic E-state index is 12.1. The van der Waals surface area contributed by atoms with Crippen LogP contribution >= 0.6 is 15.9 Å². The highest BCUT2D eigenvalue weighted by Crippen LogP contribution is 2.61. The standard InChI is InChI=1S/C13H13BrO3/c1-16-12(15)13(10-6-7-17-11(10)13)8-2-4-9(14)5-3-8/h2-5,10-11H,6-7H2,1H3/t10-,11+,13+/m0/s1. The number of hydrogen-bond donors (Lipinski definition) is 0. The zero-order chi connectivity index (χ0) is 12.0. The Bertz CT molecular complexity index is 444. The van der Waals surface area contributed by atoms with Crippen LogP contribution in [0, 0.1) is 5.92 Å². The quantitative estimate of drug-likeness (QED) is 0.786. The molecular weight excluding hydrogens is 284 g/mol. The van der Waals surface area contributed by atoms with Crippen LogP contribution in [0.2, 0.25) is 0 Å². The van der Waals surface area contributed by atoms with Crippen LogP contribution in [0.25, 0.3) is 0 Å². The largest absolute Gasteiger partial charge is 0.468 e. The second-order valence-corrected chi connectivity index (χ2v) is 5.47. The predicted molar refractivity (Wildman–Crippen MR) is 65.7 cm³/mol. The van der Waals surface area contributed by atoms with Crippen LogP contribution in [-0.4, -0.2) is 25.8 Å². The van der Waals surface area contributed by atoms with Crippen molar-refractivity contribution in [3.63, 3.8) is 0 Å². The van der Waals surface area contributed by atoms with E-state index in [1.165, 1.54) is 7.11 Å². The first-order valence-corrected chi connectivity index (χ1v) is 6.46. The van der Waals surface area contributed by atoms with E-state index in [1.54, 1.807) is 0 Å². The van der Waals surface area contributed by atoms with Gasteiger partial charge in [0.2, 0.25) is 0 Å². The zero-order valence-corrected chi connectivity index (χ0v) is 11.1. The van der Waals surface area contributed by atoms with Crippen molar-refractivity contribution in [3.05, 3.63) is 34.3 Å². The number of ether oxygens (including phenoxy) is 2. The number of esters is 1. The maximum Gasteiger partial charge on any atom is 0.319 e. The normalized spacial score (nSPS) is 34.2. The number of hydrogen-bond acceptors (Lipinski definition) is 3. The number of methoxy groups -OCH3 is 1. The molecule has 2 aliphatic rings. The van der Waals surface area contributed by atoms with E-state index in [-0.39, 0.29) is 18.0 Å². The number of rotatable bonds is 2. The number of fused-ring (bicyclic) bond motifs is 1. The van der Waals surface area contributed by atoms with E-state index in [4.69, 9.17) is 9.47 Å². The molecule has 0 spiro atoms. The van der Waals surface area contributed by atoms with Crippen LogP contribution < -0.4 is 0 Å². The maximum absolute atomic E-state index is 12.1. The van der Waals surface area contributed by atoms with E-state index in [0.29, 0.717) is 0 Å². The third-order valence-corrected chi connectivity index (χ3v) is 4.39. The Kier molecular flexibility index (Phi) is 2.52. The minimum absolute atomic E-state index is 0.0103. The Labute approximate surface area is 108 Å². The Morgan fingerprint density at radius 3 is 2.71 bits per heavy atom. The molecule has 4 heteroatoms. The summed E-state index contributed by atoms with van der Waals surface area (Å²) in [6, 6.07) is 7.85. The van der Waals surface area contributed by atoms with Gasteiger partial charge in [-0.25, -0.2) is 0 Å². The summed E-state index contributed by atoms with van der Waals surface area (Å²) >= 11 is 3.40. The van der Waals surface area contributed by atoms with Gasteiger partial charge in [0.25, 0.3) is 0 Å². The highest BCUT2D eigenvalue weighted by atomic mass is 79.9. The van der Waals surface area contributed by atoms with Crippen molar-refractivity contribution in [3.8, 4) is 0 Å². The van der Waals surface area contributed by atoms with Gasteiger partial charge in [-0.05, 0) is 24.1 Å². The van der Waals surface area contributed by atoms with Crippen molar-refractivity contribution in [1.82, 2.24) is 0 Å². The molecule has 90 valence electrons. The van der Waals surface area contributed by atoms with Crippen molar-refractivity contribution >= 4 is 21.9 Å². The summed E-state index contributed by atoms with van der Waals surface area (Å²) in [6.07, 6.45) is 0.951. The summed E-state index contributed by atoms with van der Waals surface area (Å²) in [4.78, 5) is 12.1. The fraction of sp³-hybridized carbons (Fsp3) is 0.462. The van der Waals surface area contributed by atoms with E-state index < -0.39 is 5.41 Å². The van der Waals surface area contributed by atoms with Gasteiger partial charge in [0.1, 0.15) is 5.41 Å². The molecule has 0 amide bonds. The third kappa shape index (κ3) is 1.40. The molecule has 1 heterocycles. The number of halogens is 1. The first-order chi connectivity index (χ1) is 8.21. The molecule has 0 N–H and O–H groups in total. The minimum atomic E-state index is -0.548. The number of carbonyl (C=O) groups excluding carboxylic acids is 1. The molecule has 1 aromatic rings. The molecule has 1 aliphatic carbocycles. The molecule has 3 atom stereocenters. The van der Waals surface area contributed by atoms with Gasteiger partial charge in [0, 0.05) is 17.0 Å².